The van der Waals surface area contributed by atoms with Gasteiger partial charge in [0.2, 0.25) is 5.91 Å². The van der Waals surface area contributed by atoms with E-state index in [2.05, 4.69) is 5.32 Å². The van der Waals surface area contributed by atoms with E-state index in [1.165, 1.54) is 12.1 Å². The zero-order valence-corrected chi connectivity index (χ0v) is 11.0. The van der Waals surface area contributed by atoms with Crippen LogP contribution in [0, 0.1) is 6.92 Å². The van der Waals surface area contributed by atoms with Crippen molar-refractivity contribution in [2.24, 2.45) is 0 Å². The van der Waals surface area contributed by atoms with Crippen molar-refractivity contribution in [3.8, 4) is 0 Å². The number of sulfone groups is 1. The number of nitrogens with one attached hydrogen (secondary N) is 1. The van der Waals surface area contributed by atoms with Crippen LogP contribution in [0.1, 0.15) is 19.4 Å². The molecule has 0 aliphatic heterocycles. The van der Waals surface area contributed by atoms with Gasteiger partial charge in [-0.15, -0.1) is 0 Å². The van der Waals surface area contributed by atoms with E-state index in [4.69, 9.17) is 0 Å². The van der Waals surface area contributed by atoms with Crippen molar-refractivity contribution in [3.63, 3.8) is 0 Å². The van der Waals surface area contributed by atoms with Crippen LogP contribution in [-0.2, 0) is 14.6 Å². The zero-order valence-electron chi connectivity index (χ0n) is 10.2. The Balaban J connectivity index is 2.82. The second kappa shape index (κ2) is 5.31. The quantitative estimate of drug-likeness (QED) is 0.882. The van der Waals surface area contributed by atoms with E-state index >= 15 is 0 Å². The van der Waals surface area contributed by atoms with Crippen LogP contribution in [0.2, 0.25) is 0 Å². The summed E-state index contributed by atoms with van der Waals surface area (Å²) < 4.78 is 23.7. The van der Waals surface area contributed by atoms with Crippen molar-refractivity contribution in [2.45, 2.75) is 31.7 Å². The predicted molar refractivity (Wildman–Crippen MR) is 66.5 cm³/mol. The standard InChI is InChI=1S/C12H17NO3S/c1-9(2)13-12(14)8-17(15,16)11-6-4-10(3)5-7-11/h4-7,9H,8H2,1-3H3,(H,13,14). The fourth-order valence-electron chi connectivity index (χ4n) is 1.37. The summed E-state index contributed by atoms with van der Waals surface area (Å²) in [4.78, 5) is 11.6. The van der Waals surface area contributed by atoms with Gasteiger partial charge >= 0.3 is 0 Å². The first-order valence-electron chi connectivity index (χ1n) is 5.40. The molecule has 0 aromatic heterocycles. The minimum absolute atomic E-state index is 0.0595. The lowest BCUT2D eigenvalue weighted by molar-refractivity contribution is -0.119. The monoisotopic (exact) mass is 255 g/mol. The van der Waals surface area contributed by atoms with E-state index < -0.39 is 21.5 Å². The molecule has 17 heavy (non-hydrogen) atoms. The van der Waals surface area contributed by atoms with Crippen LogP contribution in [0.5, 0.6) is 0 Å². The summed E-state index contributed by atoms with van der Waals surface area (Å²) in [6, 6.07) is 6.41. The highest BCUT2D eigenvalue weighted by atomic mass is 32.2. The Morgan fingerprint density at radius 3 is 2.24 bits per heavy atom. The minimum atomic E-state index is -3.53. The van der Waals surface area contributed by atoms with Gasteiger partial charge in [0.15, 0.2) is 9.84 Å². The van der Waals surface area contributed by atoms with Crippen molar-refractivity contribution in [2.75, 3.05) is 5.75 Å². The van der Waals surface area contributed by atoms with Crippen molar-refractivity contribution < 1.29 is 13.2 Å². The summed E-state index contributed by atoms with van der Waals surface area (Å²) in [5.74, 6) is -0.977. The Bertz CT molecular complexity index is 489. The third-order valence-electron chi connectivity index (χ3n) is 2.15. The second-order valence-electron chi connectivity index (χ2n) is 4.29. The molecule has 0 atom stereocenters. The molecule has 0 heterocycles. The molecule has 0 unspecified atom stereocenters. The fraction of sp³-hybridized carbons (Fsp3) is 0.417. The van der Waals surface area contributed by atoms with Crippen LogP contribution in [0.25, 0.3) is 0 Å². The Kier molecular flexibility index (Phi) is 4.28. The Morgan fingerprint density at radius 2 is 1.76 bits per heavy atom. The van der Waals surface area contributed by atoms with Crippen LogP contribution >= 0.6 is 0 Å². The van der Waals surface area contributed by atoms with Crippen LogP contribution in [-0.4, -0.2) is 26.1 Å². The Hall–Kier alpha value is -1.36. The number of carbonyl (C=O) groups is 1. The molecule has 0 saturated heterocycles. The van der Waals surface area contributed by atoms with Gasteiger partial charge in [-0.05, 0) is 32.9 Å². The van der Waals surface area contributed by atoms with Crippen LogP contribution in [0.15, 0.2) is 29.2 Å². The molecule has 1 aromatic carbocycles. The molecule has 0 aliphatic rings. The average Bonchev–Trinajstić information content (AvgIpc) is 2.15. The number of carbonyl (C=O) groups excluding carboxylic acids is 1. The van der Waals surface area contributed by atoms with Gasteiger partial charge < -0.3 is 5.32 Å². The van der Waals surface area contributed by atoms with Crippen LogP contribution in [0.4, 0.5) is 0 Å². The third kappa shape index (κ3) is 4.19. The smallest absolute Gasteiger partial charge is 0.235 e. The van der Waals surface area contributed by atoms with Crippen molar-refractivity contribution in [1.82, 2.24) is 5.32 Å². The van der Waals surface area contributed by atoms with Gasteiger partial charge in [-0.2, -0.15) is 0 Å². The summed E-state index contributed by atoms with van der Waals surface area (Å²) in [5.41, 5.74) is 0.982. The van der Waals surface area contributed by atoms with Crippen LogP contribution in [0.3, 0.4) is 0 Å². The number of rotatable bonds is 4. The number of hydrogen-bond donors (Lipinski definition) is 1. The highest BCUT2D eigenvalue weighted by molar-refractivity contribution is 7.92. The Labute approximate surface area is 102 Å². The molecule has 0 aliphatic carbocycles. The number of hydrogen-bond acceptors (Lipinski definition) is 3. The third-order valence-corrected chi connectivity index (χ3v) is 3.78. The molecule has 0 spiro atoms. The summed E-state index contributed by atoms with van der Waals surface area (Å²) in [6.07, 6.45) is 0. The highest BCUT2D eigenvalue weighted by Gasteiger charge is 2.19. The van der Waals surface area contributed by atoms with E-state index in [1.807, 2.05) is 6.92 Å². The van der Waals surface area contributed by atoms with E-state index in [1.54, 1.807) is 26.0 Å². The SMILES string of the molecule is Cc1ccc(S(=O)(=O)CC(=O)NC(C)C)cc1. The average molecular weight is 255 g/mol. The molecule has 94 valence electrons. The van der Waals surface area contributed by atoms with Gasteiger partial charge in [0.25, 0.3) is 0 Å². The summed E-state index contributed by atoms with van der Waals surface area (Å²) in [7, 11) is -3.53. The molecule has 0 radical (unpaired) electrons. The second-order valence-corrected chi connectivity index (χ2v) is 6.28. The summed E-state index contributed by atoms with van der Waals surface area (Å²) in [6.45, 7) is 5.45. The largest absolute Gasteiger partial charge is 0.353 e. The first-order chi connectivity index (χ1) is 7.81. The van der Waals surface area contributed by atoms with Gasteiger partial charge in [0.05, 0.1) is 4.90 Å². The van der Waals surface area contributed by atoms with E-state index in [9.17, 15) is 13.2 Å². The minimum Gasteiger partial charge on any atom is -0.353 e. The molecule has 4 nitrogen and oxygen atoms in total. The van der Waals surface area contributed by atoms with Crippen molar-refractivity contribution >= 4 is 15.7 Å². The normalized spacial score (nSPS) is 11.5. The summed E-state index contributed by atoms with van der Waals surface area (Å²) in [5, 5.41) is 2.56. The molecule has 0 saturated carbocycles. The molecule has 1 rings (SSSR count). The van der Waals surface area contributed by atoms with Crippen LogP contribution < -0.4 is 5.32 Å². The number of aryl methyl sites for hydroxylation is 1. The molecule has 1 amide bonds. The molecular weight excluding hydrogens is 238 g/mol. The maximum absolute atomic E-state index is 11.9. The van der Waals surface area contributed by atoms with Gasteiger partial charge in [0.1, 0.15) is 5.75 Å². The van der Waals surface area contributed by atoms with E-state index in [0.717, 1.165) is 5.56 Å². The van der Waals surface area contributed by atoms with Gasteiger partial charge in [0, 0.05) is 6.04 Å². The van der Waals surface area contributed by atoms with E-state index in [0.29, 0.717) is 0 Å². The summed E-state index contributed by atoms with van der Waals surface area (Å²) >= 11 is 0. The number of benzene rings is 1. The molecule has 1 aromatic rings. The Morgan fingerprint density at radius 1 is 1.24 bits per heavy atom. The lowest BCUT2D eigenvalue weighted by Crippen LogP contribution is -2.35. The lowest BCUT2D eigenvalue weighted by atomic mass is 10.2. The maximum Gasteiger partial charge on any atom is 0.235 e. The fourth-order valence-corrected chi connectivity index (χ4v) is 2.51. The molecule has 0 bridgehead atoms. The molecule has 5 heteroatoms. The maximum atomic E-state index is 11.9. The zero-order chi connectivity index (χ0) is 13.1. The topological polar surface area (TPSA) is 63.2 Å². The predicted octanol–water partition coefficient (Wildman–Crippen LogP) is 1.29. The first kappa shape index (κ1) is 13.7. The molecular formula is C12H17NO3S. The molecule has 0 fully saturated rings. The molecule has 1 N–H and O–H groups in total. The van der Waals surface area contributed by atoms with Gasteiger partial charge in [-0.3, -0.25) is 4.79 Å². The van der Waals surface area contributed by atoms with E-state index in [-0.39, 0.29) is 10.9 Å². The highest BCUT2D eigenvalue weighted by Crippen LogP contribution is 2.11. The number of amides is 1. The van der Waals surface area contributed by atoms with Crippen molar-refractivity contribution in [3.05, 3.63) is 29.8 Å². The lowest BCUT2D eigenvalue weighted by Gasteiger charge is -2.09. The first-order valence-corrected chi connectivity index (χ1v) is 7.05. The van der Waals surface area contributed by atoms with Crippen molar-refractivity contribution in [1.29, 1.82) is 0 Å². The van der Waals surface area contributed by atoms with Gasteiger partial charge in [-0.1, -0.05) is 17.7 Å². The van der Waals surface area contributed by atoms with Gasteiger partial charge in [-0.25, -0.2) is 8.42 Å².